The monoisotopic (exact) mass is 300 g/mol. The zero-order valence-corrected chi connectivity index (χ0v) is 11.9. The predicted octanol–water partition coefficient (Wildman–Crippen LogP) is 0.188. The molecule has 0 saturated carbocycles. The standard InChI is InChI=1S/C12H16N2O5S/c1-3-10(12(16)17)14-20(18,19)9-6-4-8(5-7-9)11(15)13-2/h4-7,10,14H,3H2,1-2H3,(H,13,15)(H,16,17). The lowest BCUT2D eigenvalue weighted by molar-refractivity contribution is -0.139. The summed E-state index contributed by atoms with van der Waals surface area (Å²) in [4.78, 5) is 22.1. The van der Waals surface area contributed by atoms with Crippen LogP contribution in [0.3, 0.4) is 0 Å². The van der Waals surface area contributed by atoms with E-state index in [9.17, 15) is 18.0 Å². The summed E-state index contributed by atoms with van der Waals surface area (Å²) < 4.78 is 26.1. The lowest BCUT2D eigenvalue weighted by atomic mass is 10.2. The van der Waals surface area contributed by atoms with E-state index in [4.69, 9.17) is 5.11 Å². The van der Waals surface area contributed by atoms with Gasteiger partial charge in [0.2, 0.25) is 10.0 Å². The van der Waals surface area contributed by atoms with E-state index >= 15 is 0 Å². The number of aliphatic carboxylic acids is 1. The first-order valence-electron chi connectivity index (χ1n) is 5.89. The van der Waals surface area contributed by atoms with Crippen LogP contribution < -0.4 is 10.0 Å². The van der Waals surface area contributed by atoms with Crippen molar-refractivity contribution in [3.8, 4) is 0 Å². The number of carbonyl (C=O) groups is 2. The molecule has 0 radical (unpaired) electrons. The smallest absolute Gasteiger partial charge is 0.321 e. The highest BCUT2D eigenvalue weighted by atomic mass is 32.2. The Kier molecular flexibility index (Phi) is 5.23. The first kappa shape index (κ1) is 16.1. The Bertz CT molecular complexity index is 595. The maximum atomic E-state index is 12.0. The number of carboxylic acids is 1. The normalized spacial score (nSPS) is 12.7. The maximum Gasteiger partial charge on any atom is 0.321 e. The molecule has 0 saturated heterocycles. The second kappa shape index (κ2) is 6.49. The molecule has 0 aliphatic rings. The number of hydrogen-bond acceptors (Lipinski definition) is 4. The van der Waals surface area contributed by atoms with Crippen molar-refractivity contribution in [2.45, 2.75) is 24.3 Å². The van der Waals surface area contributed by atoms with Crippen molar-refractivity contribution < 1.29 is 23.1 Å². The Morgan fingerprint density at radius 3 is 2.20 bits per heavy atom. The van der Waals surface area contributed by atoms with Crippen LogP contribution in [0.5, 0.6) is 0 Å². The van der Waals surface area contributed by atoms with E-state index in [1.807, 2.05) is 0 Å². The highest BCUT2D eigenvalue weighted by molar-refractivity contribution is 7.89. The zero-order valence-electron chi connectivity index (χ0n) is 11.1. The van der Waals surface area contributed by atoms with Crippen LogP contribution in [0.4, 0.5) is 0 Å². The summed E-state index contributed by atoms with van der Waals surface area (Å²) in [5.41, 5.74) is 0.316. The van der Waals surface area contributed by atoms with Gasteiger partial charge in [0.25, 0.3) is 5.91 Å². The molecule has 0 aliphatic carbocycles. The Morgan fingerprint density at radius 1 is 1.25 bits per heavy atom. The van der Waals surface area contributed by atoms with E-state index in [1.165, 1.54) is 31.3 Å². The zero-order chi connectivity index (χ0) is 15.3. The Labute approximate surface area is 117 Å². The fourth-order valence-electron chi connectivity index (χ4n) is 1.49. The van der Waals surface area contributed by atoms with Gasteiger partial charge in [-0.1, -0.05) is 6.92 Å². The largest absolute Gasteiger partial charge is 0.480 e. The molecule has 20 heavy (non-hydrogen) atoms. The van der Waals surface area contributed by atoms with Crippen molar-refractivity contribution in [2.24, 2.45) is 0 Å². The molecule has 0 heterocycles. The van der Waals surface area contributed by atoms with Crippen molar-refractivity contribution in [1.82, 2.24) is 10.0 Å². The molecule has 7 nitrogen and oxygen atoms in total. The van der Waals surface area contributed by atoms with E-state index in [1.54, 1.807) is 6.92 Å². The topological polar surface area (TPSA) is 113 Å². The molecule has 3 N–H and O–H groups in total. The van der Waals surface area contributed by atoms with Gasteiger partial charge in [-0.2, -0.15) is 4.72 Å². The van der Waals surface area contributed by atoms with Crippen LogP contribution in [0.15, 0.2) is 29.2 Å². The van der Waals surface area contributed by atoms with E-state index < -0.39 is 22.0 Å². The van der Waals surface area contributed by atoms with Crippen molar-refractivity contribution in [3.63, 3.8) is 0 Å². The van der Waals surface area contributed by atoms with Crippen LogP contribution in [0, 0.1) is 0 Å². The molecule has 8 heteroatoms. The number of hydrogen-bond donors (Lipinski definition) is 3. The fourth-order valence-corrected chi connectivity index (χ4v) is 2.77. The second-order valence-corrected chi connectivity index (χ2v) is 5.74. The third-order valence-corrected chi connectivity index (χ3v) is 4.15. The summed E-state index contributed by atoms with van der Waals surface area (Å²) in [6, 6.07) is 4.03. The van der Waals surface area contributed by atoms with Crippen LogP contribution >= 0.6 is 0 Å². The van der Waals surface area contributed by atoms with E-state index in [-0.39, 0.29) is 17.2 Å². The van der Waals surface area contributed by atoms with Gasteiger partial charge in [-0.05, 0) is 30.7 Å². The summed E-state index contributed by atoms with van der Waals surface area (Å²) in [5, 5.41) is 11.3. The van der Waals surface area contributed by atoms with Gasteiger partial charge >= 0.3 is 5.97 Å². The second-order valence-electron chi connectivity index (χ2n) is 4.02. The number of amides is 1. The number of rotatable bonds is 6. The van der Waals surface area contributed by atoms with Crippen LogP contribution in [0.25, 0.3) is 0 Å². The van der Waals surface area contributed by atoms with Gasteiger partial charge in [-0.25, -0.2) is 8.42 Å². The minimum atomic E-state index is -3.93. The molecule has 1 aromatic rings. The summed E-state index contributed by atoms with van der Waals surface area (Å²) in [7, 11) is -2.46. The SMILES string of the molecule is CCC(NS(=O)(=O)c1ccc(C(=O)NC)cc1)C(=O)O. The molecular weight excluding hydrogens is 284 g/mol. The van der Waals surface area contributed by atoms with Gasteiger partial charge in [0, 0.05) is 12.6 Å². The van der Waals surface area contributed by atoms with Gasteiger partial charge in [-0.3, -0.25) is 9.59 Å². The Balaban J connectivity index is 2.98. The van der Waals surface area contributed by atoms with Gasteiger partial charge in [0.1, 0.15) is 6.04 Å². The van der Waals surface area contributed by atoms with Gasteiger partial charge in [-0.15, -0.1) is 0 Å². The third kappa shape index (κ3) is 3.78. The van der Waals surface area contributed by atoms with Crippen LogP contribution in [-0.4, -0.2) is 38.5 Å². The van der Waals surface area contributed by atoms with Gasteiger partial charge in [0.15, 0.2) is 0 Å². The molecule has 0 aromatic heterocycles. The predicted molar refractivity (Wildman–Crippen MR) is 71.9 cm³/mol. The highest BCUT2D eigenvalue weighted by Gasteiger charge is 2.23. The molecular formula is C12H16N2O5S. The van der Waals surface area contributed by atoms with E-state index in [0.29, 0.717) is 5.56 Å². The fraction of sp³-hybridized carbons (Fsp3) is 0.333. The minimum Gasteiger partial charge on any atom is -0.480 e. The first-order chi connectivity index (χ1) is 9.31. The third-order valence-electron chi connectivity index (χ3n) is 2.66. The highest BCUT2D eigenvalue weighted by Crippen LogP contribution is 2.11. The Morgan fingerprint density at radius 2 is 1.80 bits per heavy atom. The van der Waals surface area contributed by atoms with Gasteiger partial charge < -0.3 is 10.4 Å². The summed E-state index contributed by atoms with van der Waals surface area (Å²) in [5.74, 6) is -1.57. The summed E-state index contributed by atoms with van der Waals surface area (Å²) in [6.07, 6.45) is 0.130. The molecule has 1 atom stereocenters. The van der Waals surface area contributed by atoms with Crippen molar-refractivity contribution >= 4 is 21.9 Å². The van der Waals surface area contributed by atoms with E-state index in [0.717, 1.165) is 0 Å². The average molecular weight is 300 g/mol. The molecule has 1 unspecified atom stereocenters. The summed E-state index contributed by atoms with van der Waals surface area (Å²) >= 11 is 0. The van der Waals surface area contributed by atoms with Crippen molar-refractivity contribution in [3.05, 3.63) is 29.8 Å². The number of benzene rings is 1. The van der Waals surface area contributed by atoms with Crippen LogP contribution in [0.1, 0.15) is 23.7 Å². The number of carboxylic acid groups (broad SMARTS) is 1. The molecule has 1 amide bonds. The maximum absolute atomic E-state index is 12.0. The molecule has 110 valence electrons. The van der Waals surface area contributed by atoms with E-state index in [2.05, 4.69) is 10.0 Å². The van der Waals surface area contributed by atoms with Crippen LogP contribution in [-0.2, 0) is 14.8 Å². The number of carbonyl (C=O) groups excluding carboxylic acids is 1. The lowest BCUT2D eigenvalue weighted by Gasteiger charge is -2.12. The van der Waals surface area contributed by atoms with Crippen molar-refractivity contribution in [1.29, 1.82) is 0 Å². The number of nitrogens with one attached hydrogen (secondary N) is 2. The molecule has 1 rings (SSSR count). The Hall–Kier alpha value is -1.93. The summed E-state index contributed by atoms with van der Waals surface area (Å²) in [6.45, 7) is 1.57. The first-order valence-corrected chi connectivity index (χ1v) is 7.37. The van der Waals surface area contributed by atoms with Gasteiger partial charge in [0.05, 0.1) is 4.90 Å². The molecule has 0 aliphatic heterocycles. The molecule has 0 fully saturated rings. The van der Waals surface area contributed by atoms with Crippen LogP contribution in [0.2, 0.25) is 0 Å². The average Bonchev–Trinajstić information content (AvgIpc) is 2.43. The van der Waals surface area contributed by atoms with Crippen molar-refractivity contribution in [2.75, 3.05) is 7.05 Å². The minimum absolute atomic E-state index is 0.0927. The number of sulfonamides is 1. The quantitative estimate of drug-likeness (QED) is 0.694. The molecule has 0 spiro atoms. The molecule has 0 bridgehead atoms. The lowest BCUT2D eigenvalue weighted by Crippen LogP contribution is -2.40. The molecule has 1 aromatic carbocycles.